The Balaban J connectivity index is 1.22. The van der Waals surface area contributed by atoms with Crippen LogP contribution in [-0.4, -0.2) is 36.7 Å². The molecule has 7 heteroatoms. The Labute approximate surface area is 285 Å². The molecule has 0 aliphatic rings. The van der Waals surface area contributed by atoms with Crippen molar-refractivity contribution in [3.63, 3.8) is 0 Å². The summed E-state index contributed by atoms with van der Waals surface area (Å²) in [5.74, 6) is 14.2. The van der Waals surface area contributed by atoms with E-state index >= 15 is 0 Å². The number of hydrogen-bond donors (Lipinski definition) is 0. The van der Waals surface area contributed by atoms with E-state index < -0.39 is 11.9 Å². The van der Waals surface area contributed by atoms with Crippen molar-refractivity contribution < 1.29 is 23.8 Å². The number of thioether (sulfide) groups is 2. The minimum Gasteiger partial charge on any atom is -0.489 e. The molecular weight excluding hydrogens is 625 g/mol. The fourth-order valence-electron chi connectivity index (χ4n) is 4.01. The number of aryl methyl sites for hydroxylation is 1. The van der Waals surface area contributed by atoms with Crippen LogP contribution in [0.5, 0.6) is 5.75 Å². The molecule has 0 spiro atoms. The molecule has 0 bridgehead atoms. The van der Waals surface area contributed by atoms with Gasteiger partial charge in [-0.15, -0.1) is 23.5 Å². The van der Waals surface area contributed by atoms with Gasteiger partial charge < -0.3 is 14.2 Å². The van der Waals surface area contributed by atoms with E-state index in [2.05, 4.69) is 36.8 Å². The second-order valence-corrected chi connectivity index (χ2v) is 12.3. The zero-order chi connectivity index (χ0) is 33.3. The Morgan fingerprint density at radius 1 is 0.638 bits per heavy atom. The fraction of sp³-hybridized carbons (Fsp3) is 0.150. The summed E-state index contributed by atoms with van der Waals surface area (Å²) in [5.41, 5.74) is 5.77. The van der Waals surface area contributed by atoms with E-state index in [1.165, 1.54) is 12.2 Å². The van der Waals surface area contributed by atoms with Crippen molar-refractivity contribution in [1.82, 2.24) is 0 Å². The third kappa shape index (κ3) is 12.3. The van der Waals surface area contributed by atoms with Crippen LogP contribution in [0.15, 0.2) is 126 Å². The maximum Gasteiger partial charge on any atom is 0.330 e. The topological polar surface area (TPSA) is 61.8 Å². The summed E-state index contributed by atoms with van der Waals surface area (Å²) < 4.78 is 16.1. The summed E-state index contributed by atoms with van der Waals surface area (Å²) in [4.78, 5) is 24.4. The van der Waals surface area contributed by atoms with Gasteiger partial charge in [-0.1, -0.05) is 49.0 Å². The third-order valence-corrected chi connectivity index (χ3v) is 8.41. The van der Waals surface area contributed by atoms with Crippen molar-refractivity contribution in [3.8, 4) is 29.4 Å². The number of carbonyl (C=O) groups is 2. The van der Waals surface area contributed by atoms with Gasteiger partial charge in [0.15, 0.2) is 0 Å². The Hall–Kier alpha value is -5.08. The second-order valence-electron chi connectivity index (χ2n) is 9.95. The van der Waals surface area contributed by atoms with Gasteiger partial charge in [-0.3, -0.25) is 0 Å². The van der Waals surface area contributed by atoms with Crippen LogP contribution in [0.1, 0.15) is 33.4 Å². The van der Waals surface area contributed by atoms with Crippen molar-refractivity contribution >= 4 is 35.5 Å². The average molecular weight is 659 g/mol. The summed E-state index contributed by atoms with van der Waals surface area (Å²) in [6.07, 6.45) is 2.33. The van der Waals surface area contributed by atoms with Crippen molar-refractivity contribution in [2.75, 3.05) is 24.7 Å². The number of rotatable bonds is 13. The molecule has 0 radical (unpaired) electrons. The van der Waals surface area contributed by atoms with Gasteiger partial charge in [-0.25, -0.2) is 9.59 Å². The first kappa shape index (κ1) is 34.8. The molecule has 4 rings (SSSR count). The lowest BCUT2D eigenvalue weighted by Crippen LogP contribution is -2.03. The number of esters is 2. The van der Waals surface area contributed by atoms with Crippen LogP contribution in [-0.2, 0) is 25.7 Å². The molecule has 5 nitrogen and oxygen atoms in total. The second kappa shape index (κ2) is 18.8. The maximum atomic E-state index is 11.1. The SMILES string of the molecule is C=CC(=O)OCCSc1ccc(C#Cc2ccc(COc3ccc(C#Cc4ccc(SCCOC(=O)C=C)cc4)cc3C)cc2)cc1. The smallest absolute Gasteiger partial charge is 0.330 e. The van der Waals surface area contributed by atoms with Crippen LogP contribution in [0, 0.1) is 30.6 Å². The lowest BCUT2D eigenvalue weighted by Gasteiger charge is -2.09. The highest BCUT2D eigenvalue weighted by molar-refractivity contribution is 7.99. The van der Waals surface area contributed by atoms with Gasteiger partial charge in [0.05, 0.1) is 0 Å². The van der Waals surface area contributed by atoms with E-state index in [0.29, 0.717) is 31.3 Å². The third-order valence-electron chi connectivity index (χ3n) is 6.46. The fourth-order valence-corrected chi connectivity index (χ4v) is 5.48. The largest absolute Gasteiger partial charge is 0.489 e. The summed E-state index contributed by atoms with van der Waals surface area (Å²) in [7, 11) is 0. The first-order valence-electron chi connectivity index (χ1n) is 14.8. The molecule has 4 aromatic carbocycles. The van der Waals surface area contributed by atoms with Gasteiger partial charge in [0.2, 0.25) is 0 Å². The van der Waals surface area contributed by atoms with Crippen LogP contribution in [0.4, 0.5) is 0 Å². The number of ether oxygens (including phenoxy) is 3. The zero-order valence-corrected chi connectivity index (χ0v) is 27.8. The summed E-state index contributed by atoms with van der Waals surface area (Å²) in [6.45, 7) is 9.93. The van der Waals surface area contributed by atoms with Crippen molar-refractivity contribution in [2.45, 2.75) is 23.3 Å². The highest BCUT2D eigenvalue weighted by Gasteiger charge is 2.03. The standard InChI is InChI=1S/C40H34O5S2/c1-4-39(41)43-24-26-46-36-19-14-32(15-20-36)7-6-31-9-12-35(13-10-31)29-45-38-23-18-34(28-30(38)3)11-8-33-16-21-37(22-17-33)47-27-25-44-40(42)5-2/h4-5,9-10,12-23,28H,1-2,24-27,29H2,3H3. The summed E-state index contributed by atoms with van der Waals surface area (Å²) in [6, 6.07) is 30.0. The Morgan fingerprint density at radius 3 is 1.51 bits per heavy atom. The Kier molecular flexibility index (Phi) is 13.9. The molecule has 0 aliphatic carbocycles. The molecule has 236 valence electrons. The van der Waals surface area contributed by atoms with Crippen LogP contribution < -0.4 is 4.74 Å². The molecule has 0 aromatic heterocycles. The first-order valence-corrected chi connectivity index (χ1v) is 16.8. The predicted octanol–water partition coefficient (Wildman–Crippen LogP) is 8.02. The summed E-state index contributed by atoms with van der Waals surface area (Å²) >= 11 is 3.23. The first-order chi connectivity index (χ1) is 22.9. The molecule has 0 saturated heterocycles. The molecule has 0 unspecified atom stereocenters. The molecule has 0 fully saturated rings. The normalized spacial score (nSPS) is 9.98. The minimum atomic E-state index is -0.404. The zero-order valence-electron chi connectivity index (χ0n) is 26.1. The predicted molar refractivity (Wildman–Crippen MR) is 191 cm³/mol. The van der Waals surface area contributed by atoms with E-state index in [1.54, 1.807) is 23.5 Å². The molecule has 0 atom stereocenters. The summed E-state index contributed by atoms with van der Waals surface area (Å²) in [5, 5.41) is 0. The Morgan fingerprint density at radius 2 is 1.06 bits per heavy atom. The van der Waals surface area contributed by atoms with Gasteiger partial charge in [0.1, 0.15) is 25.6 Å². The molecule has 4 aromatic rings. The van der Waals surface area contributed by atoms with Crippen molar-refractivity contribution in [1.29, 1.82) is 0 Å². The molecule has 0 saturated carbocycles. The van der Waals surface area contributed by atoms with Gasteiger partial charge in [0, 0.05) is 55.7 Å². The number of carbonyl (C=O) groups excluding carboxylic acids is 2. The van der Waals surface area contributed by atoms with E-state index in [4.69, 9.17) is 14.2 Å². The quantitative estimate of drug-likeness (QED) is 0.0474. The average Bonchev–Trinajstić information content (AvgIpc) is 3.11. The number of benzene rings is 4. The Bertz CT molecular complexity index is 1800. The van der Waals surface area contributed by atoms with Gasteiger partial charge in [0.25, 0.3) is 0 Å². The van der Waals surface area contributed by atoms with Crippen LogP contribution in [0.2, 0.25) is 0 Å². The molecule has 47 heavy (non-hydrogen) atoms. The van der Waals surface area contributed by atoms with Gasteiger partial charge in [-0.05, 0) is 96.9 Å². The molecule has 0 heterocycles. The van der Waals surface area contributed by atoms with Gasteiger partial charge >= 0.3 is 11.9 Å². The van der Waals surface area contributed by atoms with Gasteiger partial charge in [-0.2, -0.15) is 0 Å². The highest BCUT2D eigenvalue weighted by atomic mass is 32.2. The molecule has 0 aliphatic heterocycles. The van der Waals surface area contributed by atoms with Crippen LogP contribution >= 0.6 is 23.5 Å². The van der Waals surface area contributed by atoms with Crippen molar-refractivity contribution in [2.24, 2.45) is 0 Å². The lowest BCUT2D eigenvalue weighted by molar-refractivity contribution is -0.138. The van der Waals surface area contributed by atoms with E-state index in [1.807, 2.05) is 97.9 Å². The monoisotopic (exact) mass is 658 g/mol. The van der Waals surface area contributed by atoms with E-state index in [9.17, 15) is 9.59 Å². The molecule has 0 amide bonds. The van der Waals surface area contributed by atoms with Crippen LogP contribution in [0.3, 0.4) is 0 Å². The molecule has 0 N–H and O–H groups in total. The highest BCUT2D eigenvalue weighted by Crippen LogP contribution is 2.22. The van der Waals surface area contributed by atoms with Crippen LogP contribution in [0.25, 0.3) is 0 Å². The molecular formula is C40H34O5S2. The maximum absolute atomic E-state index is 11.1. The number of hydrogen-bond acceptors (Lipinski definition) is 7. The van der Waals surface area contributed by atoms with E-state index in [0.717, 1.165) is 48.9 Å². The van der Waals surface area contributed by atoms with Crippen molar-refractivity contribution in [3.05, 3.63) is 150 Å². The minimum absolute atomic E-state index is 0.344. The lowest BCUT2D eigenvalue weighted by atomic mass is 10.1. The van der Waals surface area contributed by atoms with E-state index in [-0.39, 0.29) is 0 Å².